The van der Waals surface area contributed by atoms with Crippen LogP contribution in [-0.2, 0) is 14.7 Å². The molecule has 1 aromatic carbocycles. The van der Waals surface area contributed by atoms with Crippen LogP contribution in [-0.4, -0.2) is 30.0 Å². The zero-order valence-corrected chi connectivity index (χ0v) is 14.1. The van der Waals surface area contributed by atoms with Crippen molar-refractivity contribution in [2.45, 2.75) is 64.6 Å². The van der Waals surface area contributed by atoms with Gasteiger partial charge in [-0.3, -0.25) is 0 Å². The molecule has 1 heterocycles. The van der Waals surface area contributed by atoms with Crippen molar-refractivity contribution in [1.82, 2.24) is 0 Å². The van der Waals surface area contributed by atoms with E-state index in [0.717, 1.165) is 17.4 Å². The maximum Gasteiger partial charge on any atom is 0.494 e. The summed E-state index contributed by atoms with van der Waals surface area (Å²) in [6.45, 7) is 12.6. The second kappa shape index (κ2) is 5.42. The van der Waals surface area contributed by atoms with Gasteiger partial charge in [-0.05, 0) is 45.1 Å². The van der Waals surface area contributed by atoms with E-state index in [-0.39, 0.29) is 30.3 Å². The summed E-state index contributed by atoms with van der Waals surface area (Å²) in [4.78, 5) is 0. The van der Waals surface area contributed by atoms with Crippen LogP contribution in [0.1, 0.15) is 53.5 Å². The maximum absolute atomic E-state index is 9.61. The largest absolute Gasteiger partial charge is 0.494 e. The first-order chi connectivity index (χ1) is 9.65. The smallest absolute Gasteiger partial charge is 0.399 e. The van der Waals surface area contributed by atoms with Gasteiger partial charge >= 0.3 is 7.12 Å². The minimum atomic E-state index is -0.328. The van der Waals surface area contributed by atoms with Crippen LogP contribution < -0.4 is 5.46 Å². The van der Waals surface area contributed by atoms with Crippen molar-refractivity contribution >= 4 is 12.6 Å². The number of aliphatic hydroxyl groups excluding tert-OH is 1. The van der Waals surface area contributed by atoms with Crippen LogP contribution in [0.15, 0.2) is 24.3 Å². The number of hydrogen-bond donors (Lipinski definition) is 1. The van der Waals surface area contributed by atoms with E-state index in [1.165, 1.54) is 0 Å². The molecule has 0 aliphatic carbocycles. The summed E-state index contributed by atoms with van der Waals surface area (Å²) in [5.74, 6) is 0. The molecule has 1 aliphatic rings. The lowest BCUT2D eigenvalue weighted by Crippen LogP contribution is -2.41. The first-order valence-electron chi connectivity index (χ1n) is 7.72. The Balaban J connectivity index is 2.22. The topological polar surface area (TPSA) is 38.7 Å². The molecule has 1 unspecified atom stereocenters. The summed E-state index contributed by atoms with van der Waals surface area (Å²) in [6.07, 6.45) is 0.902. The zero-order chi connectivity index (χ0) is 15.9. The second-order valence-corrected chi connectivity index (χ2v) is 7.28. The lowest BCUT2D eigenvalue weighted by atomic mass is 9.75. The predicted molar refractivity (Wildman–Crippen MR) is 86.9 cm³/mol. The van der Waals surface area contributed by atoms with Crippen molar-refractivity contribution in [3.8, 4) is 0 Å². The number of rotatable bonds is 4. The minimum absolute atomic E-state index is 0.152. The lowest BCUT2D eigenvalue weighted by molar-refractivity contribution is 0.00578. The summed E-state index contributed by atoms with van der Waals surface area (Å²) >= 11 is 0. The van der Waals surface area contributed by atoms with Gasteiger partial charge in [0.05, 0.1) is 17.8 Å². The average molecular weight is 290 g/mol. The van der Waals surface area contributed by atoms with Crippen LogP contribution in [0.3, 0.4) is 0 Å². The van der Waals surface area contributed by atoms with E-state index in [1.807, 2.05) is 12.1 Å². The molecule has 0 aromatic heterocycles. The average Bonchev–Trinajstić information content (AvgIpc) is 2.67. The second-order valence-electron chi connectivity index (χ2n) is 7.28. The molecule has 1 N–H and O–H groups in total. The highest BCUT2D eigenvalue weighted by Crippen LogP contribution is 2.36. The molecule has 1 aliphatic heterocycles. The molecule has 2 rings (SSSR count). The van der Waals surface area contributed by atoms with Crippen LogP contribution in [0.4, 0.5) is 0 Å². The molecule has 21 heavy (non-hydrogen) atoms. The van der Waals surface area contributed by atoms with Gasteiger partial charge in [-0.15, -0.1) is 0 Å². The molecule has 0 saturated carbocycles. The molecule has 0 radical (unpaired) electrons. The third-order valence-electron chi connectivity index (χ3n) is 5.26. The summed E-state index contributed by atoms with van der Waals surface area (Å²) < 4.78 is 12.1. The Morgan fingerprint density at radius 3 is 1.90 bits per heavy atom. The Bertz CT molecular complexity index is 473. The van der Waals surface area contributed by atoms with Crippen molar-refractivity contribution < 1.29 is 14.4 Å². The van der Waals surface area contributed by atoms with E-state index >= 15 is 0 Å². The molecular weight excluding hydrogens is 263 g/mol. The Hall–Kier alpha value is -0.835. The van der Waals surface area contributed by atoms with Crippen LogP contribution in [0.2, 0.25) is 0 Å². The van der Waals surface area contributed by atoms with Gasteiger partial charge < -0.3 is 14.4 Å². The van der Waals surface area contributed by atoms with Crippen molar-refractivity contribution in [3.05, 3.63) is 29.8 Å². The third-order valence-corrected chi connectivity index (χ3v) is 5.26. The highest BCUT2D eigenvalue weighted by molar-refractivity contribution is 6.62. The molecule has 0 amide bonds. The quantitative estimate of drug-likeness (QED) is 0.866. The van der Waals surface area contributed by atoms with Gasteiger partial charge in [0.15, 0.2) is 0 Å². The van der Waals surface area contributed by atoms with Gasteiger partial charge in [0, 0.05) is 5.41 Å². The molecule has 1 fully saturated rings. The first kappa shape index (κ1) is 16.5. The van der Waals surface area contributed by atoms with Crippen LogP contribution in [0.5, 0.6) is 0 Å². The Morgan fingerprint density at radius 2 is 1.52 bits per heavy atom. The van der Waals surface area contributed by atoms with Gasteiger partial charge in [-0.25, -0.2) is 0 Å². The summed E-state index contributed by atoms with van der Waals surface area (Å²) in [5.41, 5.74) is 1.34. The third kappa shape index (κ3) is 2.89. The highest BCUT2D eigenvalue weighted by atomic mass is 16.7. The number of benzene rings is 1. The van der Waals surface area contributed by atoms with Crippen molar-refractivity contribution in [2.75, 3.05) is 6.61 Å². The van der Waals surface area contributed by atoms with Crippen LogP contribution in [0, 0.1) is 0 Å². The predicted octanol–water partition coefficient (Wildman–Crippen LogP) is 2.65. The summed E-state index contributed by atoms with van der Waals surface area (Å²) in [7, 11) is -0.328. The normalized spacial score (nSPS) is 23.1. The Morgan fingerprint density at radius 1 is 1.05 bits per heavy atom. The van der Waals surface area contributed by atoms with Crippen LogP contribution >= 0.6 is 0 Å². The zero-order valence-electron chi connectivity index (χ0n) is 14.1. The van der Waals surface area contributed by atoms with E-state index in [1.54, 1.807) is 0 Å². The minimum Gasteiger partial charge on any atom is -0.399 e. The Kier molecular flexibility index (Phi) is 4.27. The van der Waals surface area contributed by atoms with E-state index in [9.17, 15) is 5.11 Å². The van der Waals surface area contributed by atoms with Gasteiger partial charge in [-0.2, -0.15) is 0 Å². The van der Waals surface area contributed by atoms with Crippen molar-refractivity contribution in [2.24, 2.45) is 0 Å². The molecule has 1 saturated heterocycles. The molecular formula is C17H27BO3. The van der Waals surface area contributed by atoms with E-state index in [0.29, 0.717) is 0 Å². The van der Waals surface area contributed by atoms with E-state index < -0.39 is 0 Å². The molecule has 1 aromatic rings. The Labute approximate surface area is 128 Å². The SMILES string of the molecule is CCC(C)(CO)c1ccc(B2OC(C)(C)C(C)(C)O2)cc1. The number of hydrogen-bond acceptors (Lipinski definition) is 3. The molecule has 116 valence electrons. The fourth-order valence-corrected chi connectivity index (χ4v) is 2.43. The van der Waals surface area contributed by atoms with E-state index in [4.69, 9.17) is 9.31 Å². The van der Waals surface area contributed by atoms with Gasteiger partial charge in [-0.1, -0.05) is 38.1 Å². The molecule has 3 nitrogen and oxygen atoms in total. The van der Waals surface area contributed by atoms with Gasteiger partial charge in [0.1, 0.15) is 0 Å². The van der Waals surface area contributed by atoms with E-state index in [2.05, 4.69) is 53.7 Å². The maximum atomic E-state index is 9.61. The number of aliphatic hydroxyl groups is 1. The standard InChI is InChI=1S/C17H27BO3/c1-7-17(6,12-19)13-8-10-14(11-9-13)18-20-15(2,3)16(4,5)21-18/h8-11,19H,7,12H2,1-6H3. The summed E-state index contributed by atoms with van der Waals surface area (Å²) in [5, 5.41) is 9.61. The fourth-order valence-electron chi connectivity index (χ4n) is 2.43. The van der Waals surface area contributed by atoms with Crippen molar-refractivity contribution in [1.29, 1.82) is 0 Å². The molecule has 0 bridgehead atoms. The first-order valence-corrected chi connectivity index (χ1v) is 7.72. The van der Waals surface area contributed by atoms with Gasteiger partial charge in [0.25, 0.3) is 0 Å². The molecule has 0 spiro atoms. The van der Waals surface area contributed by atoms with Crippen LogP contribution in [0.25, 0.3) is 0 Å². The fraction of sp³-hybridized carbons (Fsp3) is 0.647. The molecule has 4 heteroatoms. The van der Waals surface area contributed by atoms with Crippen molar-refractivity contribution in [3.63, 3.8) is 0 Å². The highest BCUT2D eigenvalue weighted by Gasteiger charge is 2.51. The van der Waals surface area contributed by atoms with Gasteiger partial charge in [0.2, 0.25) is 0 Å². The molecule has 1 atom stereocenters. The monoisotopic (exact) mass is 290 g/mol. The summed E-state index contributed by atoms with van der Waals surface area (Å²) in [6, 6.07) is 8.22. The lowest BCUT2D eigenvalue weighted by Gasteiger charge is -2.32.